The van der Waals surface area contributed by atoms with Crippen molar-refractivity contribution in [1.82, 2.24) is 15.2 Å². The van der Waals surface area contributed by atoms with E-state index in [1.165, 1.54) is 18.4 Å². The fraction of sp³-hybridized carbons (Fsp3) is 0.438. The van der Waals surface area contributed by atoms with E-state index in [-0.39, 0.29) is 0 Å². The van der Waals surface area contributed by atoms with E-state index in [1.54, 1.807) is 11.8 Å². The van der Waals surface area contributed by atoms with Crippen LogP contribution in [0.3, 0.4) is 0 Å². The van der Waals surface area contributed by atoms with E-state index in [2.05, 4.69) is 44.5 Å². The molecule has 0 bridgehead atoms. The number of rotatable bonds is 5. The smallest absolute Gasteiger partial charge is 0.148 e. The van der Waals surface area contributed by atoms with E-state index >= 15 is 0 Å². The van der Waals surface area contributed by atoms with Gasteiger partial charge in [-0.2, -0.15) is 0 Å². The van der Waals surface area contributed by atoms with Gasteiger partial charge in [-0.05, 0) is 55.9 Å². The Bertz CT molecular complexity index is 623. The molecule has 1 fully saturated rings. The summed E-state index contributed by atoms with van der Waals surface area (Å²) in [7, 11) is 0. The maximum atomic E-state index is 4.66. The molecule has 1 aliphatic heterocycles. The van der Waals surface area contributed by atoms with Gasteiger partial charge in [-0.1, -0.05) is 0 Å². The van der Waals surface area contributed by atoms with E-state index in [4.69, 9.17) is 0 Å². The Labute approximate surface area is 135 Å². The van der Waals surface area contributed by atoms with Crippen LogP contribution in [-0.4, -0.2) is 34.5 Å². The average molecular weight is 315 g/mol. The molecule has 3 rings (SSSR count). The summed E-state index contributed by atoms with van der Waals surface area (Å²) in [5.41, 5.74) is 2.29. The number of nitrogens with one attached hydrogen (secondary N) is 1. The highest BCUT2D eigenvalue weighted by atomic mass is 32.2. The fourth-order valence-electron chi connectivity index (χ4n) is 2.65. The molecule has 116 valence electrons. The van der Waals surface area contributed by atoms with Crippen molar-refractivity contribution in [2.24, 2.45) is 0 Å². The van der Waals surface area contributed by atoms with Crippen molar-refractivity contribution in [2.45, 2.75) is 31.3 Å². The molecule has 0 atom stereocenters. The van der Waals surface area contributed by atoms with Crippen molar-refractivity contribution in [3.63, 3.8) is 0 Å². The third kappa shape index (κ3) is 3.68. The first-order valence-corrected chi connectivity index (χ1v) is 8.81. The van der Waals surface area contributed by atoms with Crippen LogP contribution in [0.5, 0.6) is 0 Å². The molecule has 0 unspecified atom stereocenters. The molecule has 0 aliphatic carbocycles. The molecule has 3 heterocycles. The summed E-state index contributed by atoms with van der Waals surface area (Å²) < 4.78 is 0. The number of anilines is 2. The van der Waals surface area contributed by atoms with Crippen molar-refractivity contribution >= 4 is 23.4 Å². The van der Waals surface area contributed by atoms with Gasteiger partial charge in [0, 0.05) is 25.3 Å². The SMILES string of the molecule is CSc1ccc(NCc2cc(C)nc(N3CCCC3)c2)nn1. The summed E-state index contributed by atoms with van der Waals surface area (Å²) in [6.07, 6.45) is 4.53. The summed E-state index contributed by atoms with van der Waals surface area (Å²) in [4.78, 5) is 7.03. The van der Waals surface area contributed by atoms with Gasteiger partial charge in [0.25, 0.3) is 0 Å². The van der Waals surface area contributed by atoms with Gasteiger partial charge in [-0.25, -0.2) is 4.98 Å². The Morgan fingerprint density at radius 3 is 2.68 bits per heavy atom. The Morgan fingerprint density at radius 1 is 1.18 bits per heavy atom. The molecular formula is C16H21N5S. The second-order valence-corrected chi connectivity index (χ2v) is 6.31. The number of aromatic nitrogens is 3. The molecule has 2 aromatic heterocycles. The highest BCUT2D eigenvalue weighted by molar-refractivity contribution is 7.98. The molecule has 0 aromatic carbocycles. The molecule has 5 nitrogen and oxygen atoms in total. The molecular weight excluding hydrogens is 294 g/mol. The van der Waals surface area contributed by atoms with Crippen LogP contribution in [0.1, 0.15) is 24.1 Å². The number of nitrogens with zero attached hydrogens (tertiary/aromatic N) is 4. The predicted octanol–water partition coefficient (Wildman–Crippen LogP) is 3.11. The number of hydrogen-bond donors (Lipinski definition) is 1. The molecule has 22 heavy (non-hydrogen) atoms. The Hall–Kier alpha value is -1.82. The summed E-state index contributed by atoms with van der Waals surface area (Å²) in [5, 5.41) is 12.6. The molecule has 0 radical (unpaired) electrons. The first kappa shape index (κ1) is 15.1. The van der Waals surface area contributed by atoms with Crippen LogP contribution in [0.15, 0.2) is 29.3 Å². The summed E-state index contributed by atoms with van der Waals surface area (Å²) in [5.74, 6) is 1.90. The van der Waals surface area contributed by atoms with Gasteiger partial charge in [0.15, 0.2) is 0 Å². The zero-order valence-corrected chi connectivity index (χ0v) is 13.9. The van der Waals surface area contributed by atoms with E-state index in [1.807, 2.05) is 18.4 Å². The highest BCUT2D eigenvalue weighted by Gasteiger charge is 2.14. The first-order valence-electron chi connectivity index (χ1n) is 7.59. The molecule has 0 saturated carbocycles. The van der Waals surface area contributed by atoms with E-state index in [9.17, 15) is 0 Å². The molecule has 1 saturated heterocycles. The lowest BCUT2D eigenvalue weighted by molar-refractivity contribution is 0.910. The standard InChI is InChI=1S/C16H21N5S/c1-12-9-13(10-15(18-12)21-7-3-4-8-21)11-17-14-5-6-16(22-2)20-19-14/h5-6,9-10H,3-4,7-8,11H2,1-2H3,(H,17,19). The highest BCUT2D eigenvalue weighted by Crippen LogP contribution is 2.20. The number of aryl methyl sites for hydroxylation is 1. The summed E-state index contributed by atoms with van der Waals surface area (Å²) in [6.45, 7) is 5.02. The van der Waals surface area contributed by atoms with Crippen molar-refractivity contribution in [1.29, 1.82) is 0 Å². The average Bonchev–Trinajstić information content (AvgIpc) is 3.07. The molecule has 1 N–H and O–H groups in total. The topological polar surface area (TPSA) is 53.9 Å². The van der Waals surface area contributed by atoms with Crippen LogP contribution in [-0.2, 0) is 6.54 Å². The molecule has 6 heteroatoms. The third-order valence-corrected chi connectivity index (χ3v) is 4.39. The molecule has 0 spiro atoms. The van der Waals surface area contributed by atoms with Gasteiger partial charge in [0.05, 0.1) is 0 Å². The van der Waals surface area contributed by atoms with E-state index < -0.39 is 0 Å². The van der Waals surface area contributed by atoms with Gasteiger partial charge in [-0.15, -0.1) is 22.0 Å². The normalized spacial score (nSPS) is 14.4. The van der Waals surface area contributed by atoms with E-state index in [0.29, 0.717) is 0 Å². The maximum absolute atomic E-state index is 4.66. The molecule has 1 aliphatic rings. The van der Waals surface area contributed by atoms with Crippen LogP contribution in [0, 0.1) is 6.92 Å². The molecule has 2 aromatic rings. The number of hydrogen-bond acceptors (Lipinski definition) is 6. The van der Waals surface area contributed by atoms with Crippen molar-refractivity contribution in [2.75, 3.05) is 29.6 Å². The lowest BCUT2D eigenvalue weighted by Crippen LogP contribution is -2.19. The van der Waals surface area contributed by atoms with Gasteiger partial charge in [-0.3, -0.25) is 0 Å². The van der Waals surface area contributed by atoms with Crippen LogP contribution in [0.2, 0.25) is 0 Å². The number of thioether (sulfide) groups is 1. The lowest BCUT2D eigenvalue weighted by atomic mass is 10.2. The minimum absolute atomic E-state index is 0.734. The molecule has 0 amide bonds. The largest absolute Gasteiger partial charge is 0.365 e. The van der Waals surface area contributed by atoms with Gasteiger partial charge in [0.2, 0.25) is 0 Å². The van der Waals surface area contributed by atoms with Gasteiger partial charge >= 0.3 is 0 Å². The minimum atomic E-state index is 0.734. The third-order valence-electron chi connectivity index (χ3n) is 3.75. The number of pyridine rings is 1. The monoisotopic (exact) mass is 315 g/mol. The predicted molar refractivity (Wildman–Crippen MR) is 91.6 cm³/mol. The Kier molecular flexibility index (Phi) is 4.77. The van der Waals surface area contributed by atoms with Crippen molar-refractivity contribution < 1.29 is 0 Å². The van der Waals surface area contributed by atoms with Crippen molar-refractivity contribution in [3.05, 3.63) is 35.5 Å². The van der Waals surface area contributed by atoms with Gasteiger partial charge < -0.3 is 10.2 Å². The van der Waals surface area contributed by atoms with Gasteiger partial charge in [0.1, 0.15) is 16.7 Å². The Balaban J connectivity index is 1.68. The fourth-order valence-corrected chi connectivity index (χ4v) is 2.97. The maximum Gasteiger partial charge on any atom is 0.148 e. The van der Waals surface area contributed by atoms with E-state index in [0.717, 1.165) is 42.0 Å². The second-order valence-electron chi connectivity index (χ2n) is 5.48. The van der Waals surface area contributed by atoms with Crippen LogP contribution in [0.25, 0.3) is 0 Å². The van der Waals surface area contributed by atoms with Crippen LogP contribution < -0.4 is 10.2 Å². The van der Waals surface area contributed by atoms with Crippen molar-refractivity contribution in [3.8, 4) is 0 Å². The van der Waals surface area contributed by atoms with Crippen LogP contribution >= 0.6 is 11.8 Å². The summed E-state index contributed by atoms with van der Waals surface area (Å²) in [6, 6.07) is 8.24. The van der Waals surface area contributed by atoms with Crippen LogP contribution in [0.4, 0.5) is 11.6 Å². The minimum Gasteiger partial charge on any atom is -0.365 e. The Morgan fingerprint density at radius 2 is 2.00 bits per heavy atom. The zero-order chi connectivity index (χ0) is 15.4. The quantitative estimate of drug-likeness (QED) is 0.856. The second kappa shape index (κ2) is 6.96. The lowest BCUT2D eigenvalue weighted by Gasteiger charge is -2.18. The summed E-state index contributed by atoms with van der Waals surface area (Å²) >= 11 is 1.59. The first-order chi connectivity index (χ1) is 10.7. The zero-order valence-electron chi connectivity index (χ0n) is 13.0.